The van der Waals surface area contributed by atoms with Gasteiger partial charge in [0.25, 0.3) is 5.91 Å². The van der Waals surface area contributed by atoms with E-state index in [1.54, 1.807) is 18.5 Å². The van der Waals surface area contributed by atoms with Crippen LogP contribution in [0, 0.1) is 0 Å². The molecular formula is C15H14N4O. The van der Waals surface area contributed by atoms with Crippen molar-refractivity contribution in [1.82, 2.24) is 14.5 Å². The molecule has 20 heavy (non-hydrogen) atoms. The summed E-state index contributed by atoms with van der Waals surface area (Å²) in [5.41, 5.74) is 8.40. The van der Waals surface area contributed by atoms with E-state index in [2.05, 4.69) is 14.5 Å². The van der Waals surface area contributed by atoms with Gasteiger partial charge in [0.1, 0.15) is 11.3 Å². The first kappa shape index (κ1) is 12.3. The minimum Gasteiger partial charge on any atom is -0.366 e. The van der Waals surface area contributed by atoms with Gasteiger partial charge in [0, 0.05) is 24.5 Å². The van der Waals surface area contributed by atoms with Gasteiger partial charge in [0.15, 0.2) is 0 Å². The molecule has 5 nitrogen and oxygen atoms in total. The Labute approximate surface area is 116 Å². The highest BCUT2D eigenvalue weighted by Gasteiger charge is 2.15. The first-order valence-electron chi connectivity index (χ1n) is 6.41. The van der Waals surface area contributed by atoms with E-state index in [4.69, 9.17) is 5.73 Å². The molecule has 2 heterocycles. The van der Waals surface area contributed by atoms with Crippen LogP contribution in [0.15, 0.2) is 42.7 Å². The lowest BCUT2D eigenvalue weighted by Gasteiger charge is -2.05. The fraction of sp³-hybridized carbons (Fsp3) is 0.133. The number of carbonyl (C=O) groups excluding carboxylic acids is 1. The summed E-state index contributed by atoms with van der Waals surface area (Å²) < 4.78 is 2.07. The summed E-state index contributed by atoms with van der Waals surface area (Å²) in [7, 11) is 0. The van der Waals surface area contributed by atoms with E-state index in [-0.39, 0.29) is 0 Å². The topological polar surface area (TPSA) is 73.8 Å². The van der Waals surface area contributed by atoms with Gasteiger partial charge < -0.3 is 10.3 Å². The number of para-hydroxylation sites is 1. The van der Waals surface area contributed by atoms with E-state index >= 15 is 0 Å². The Bertz CT molecular complexity index is 777. The lowest BCUT2D eigenvalue weighted by molar-refractivity contribution is 0.100. The number of benzene rings is 1. The van der Waals surface area contributed by atoms with Gasteiger partial charge in [0.05, 0.1) is 11.1 Å². The zero-order valence-electron chi connectivity index (χ0n) is 11.1. The van der Waals surface area contributed by atoms with Crippen molar-refractivity contribution < 1.29 is 4.79 Å². The minimum absolute atomic E-state index is 0.449. The normalized spacial score (nSPS) is 10.8. The van der Waals surface area contributed by atoms with Crippen molar-refractivity contribution in [2.24, 2.45) is 5.73 Å². The van der Waals surface area contributed by atoms with Crippen molar-refractivity contribution in [1.29, 1.82) is 0 Å². The molecule has 0 radical (unpaired) electrons. The molecule has 0 bridgehead atoms. The molecule has 1 aromatic carbocycles. The van der Waals surface area contributed by atoms with E-state index in [1.807, 2.05) is 31.2 Å². The Hall–Kier alpha value is -2.69. The van der Waals surface area contributed by atoms with Crippen molar-refractivity contribution in [3.8, 4) is 11.4 Å². The zero-order valence-corrected chi connectivity index (χ0v) is 11.1. The molecule has 0 saturated carbocycles. The molecule has 5 heteroatoms. The third kappa shape index (κ3) is 1.84. The zero-order chi connectivity index (χ0) is 14.1. The number of nitrogens with two attached hydrogens (primary N) is 1. The molecule has 0 aliphatic heterocycles. The molecule has 3 aromatic rings. The van der Waals surface area contributed by atoms with Crippen LogP contribution in [0.3, 0.4) is 0 Å². The highest BCUT2D eigenvalue weighted by Crippen LogP contribution is 2.26. The van der Waals surface area contributed by atoms with Gasteiger partial charge in [-0.3, -0.25) is 9.78 Å². The van der Waals surface area contributed by atoms with Crippen LogP contribution < -0.4 is 5.73 Å². The number of carbonyl (C=O) groups is 1. The second-order valence-corrected chi connectivity index (χ2v) is 4.45. The average molecular weight is 266 g/mol. The maximum atomic E-state index is 11.5. The van der Waals surface area contributed by atoms with Crippen molar-refractivity contribution in [3.63, 3.8) is 0 Å². The number of hydrogen-bond acceptors (Lipinski definition) is 3. The van der Waals surface area contributed by atoms with Gasteiger partial charge in [-0.25, -0.2) is 4.98 Å². The fourth-order valence-corrected chi connectivity index (χ4v) is 2.39. The number of hydrogen-bond donors (Lipinski definition) is 1. The van der Waals surface area contributed by atoms with Crippen molar-refractivity contribution in [2.45, 2.75) is 13.5 Å². The third-order valence-corrected chi connectivity index (χ3v) is 3.30. The largest absolute Gasteiger partial charge is 0.366 e. The summed E-state index contributed by atoms with van der Waals surface area (Å²) in [5, 5.41) is 0. The van der Waals surface area contributed by atoms with Gasteiger partial charge in [-0.1, -0.05) is 6.07 Å². The van der Waals surface area contributed by atoms with E-state index < -0.39 is 5.91 Å². The number of aromatic nitrogens is 3. The number of primary amides is 1. The molecule has 2 aromatic heterocycles. The molecule has 0 aliphatic rings. The van der Waals surface area contributed by atoms with Crippen LogP contribution in [-0.4, -0.2) is 20.4 Å². The molecule has 100 valence electrons. The number of pyridine rings is 1. The van der Waals surface area contributed by atoms with Gasteiger partial charge in [-0.05, 0) is 31.2 Å². The summed E-state index contributed by atoms with van der Waals surface area (Å²) in [4.78, 5) is 20.1. The average Bonchev–Trinajstić information content (AvgIpc) is 2.86. The second kappa shape index (κ2) is 4.77. The Balaban J connectivity index is 2.34. The summed E-state index contributed by atoms with van der Waals surface area (Å²) in [6, 6.07) is 9.28. The maximum Gasteiger partial charge on any atom is 0.250 e. The van der Waals surface area contributed by atoms with Crippen LogP contribution >= 0.6 is 0 Å². The SMILES string of the molecule is CCn1c(-c2ccncc2)nc2c(C(N)=O)cccc21. The van der Waals surface area contributed by atoms with E-state index in [0.29, 0.717) is 11.1 Å². The van der Waals surface area contributed by atoms with Crippen molar-refractivity contribution in [2.75, 3.05) is 0 Å². The lowest BCUT2D eigenvalue weighted by atomic mass is 10.2. The van der Waals surface area contributed by atoms with Gasteiger partial charge in [-0.2, -0.15) is 0 Å². The Morgan fingerprint density at radius 2 is 2.00 bits per heavy atom. The maximum absolute atomic E-state index is 11.5. The van der Waals surface area contributed by atoms with Crippen LogP contribution in [0.1, 0.15) is 17.3 Å². The number of imidazole rings is 1. The number of amides is 1. The smallest absolute Gasteiger partial charge is 0.250 e. The summed E-state index contributed by atoms with van der Waals surface area (Å²) in [5.74, 6) is 0.358. The van der Waals surface area contributed by atoms with Crippen LogP contribution in [0.2, 0.25) is 0 Å². The molecule has 0 saturated heterocycles. The number of nitrogens with zero attached hydrogens (tertiary/aromatic N) is 3. The number of rotatable bonds is 3. The van der Waals surface area contributed by atoms with Gasteiger partial charge in [-0.15, -0.1) is 0 Å². The lowest BCUT2D eigenvalue weighted by Crippen LogP contribution is -2.11. The van der Waals surface area contributed by atoms with Crippen molar-refractivity contribution in [3.05, 3.63) is 48.3 Å². The third-order valence-electron chi connectivity index (χ3n) is 3.30. The summed E-state index contributed by atoms with van der Waals surface area (Å²) in [6.45, 7) is 2.80. The highest BCUT2D eigenvalue weighted by atomic mass is 16.1. The molecule has 1 amide bonds. The minimum atomic E-state index is -0.461. The molecule has 0 atom stereocenters. The molecule has 3 rings (SSSR count). The van der Waals surface area contributed by atoms with E-state index in [1.165, 1.54) is 0 Å². The van der Waals surface area contributed by atoms with E-state index in [9.17, 15) is 4.79 Å². The summed E-state index contributed by atoms with van der Waals surface area (Å²) in [6.07, 6.45) is 3.45. The predicted octanol–water partition coefficient (Wildman–Crippen LogP) is 2.22. The van der Waals surface area contributed by atoms with Crippen LogP contribution in [0.4, 0.5) is 0 Å². The standard InChI is InChI=1S/C15H14N4O/c1-2-19-12-5-3-4-11(14(16)20)13(12)18-15(19)10-6-8-17-9-7-10/h3-9H,2H2,1H3,(H2,16,20). The van der Waals surface area contributed by atoms with Crippen LogP contribution in [0.5, 0.6) is 0 Å². The number of aryl methyl sites for hydroxylation is 1. The molecule has 0 spiro atoms. The summed E-state index contributed by atoms with van der Waals surface area (Å²) >= 11 is 0. The first-order valence-corrected chi connectivity index (χ1v) is 6.41. The van der Waals surface area contributed by atoms with Gasteiger partial charge >= 0.3 is 0 Å². The Kier molecular flexibility index (Phi) is 2.95. The fourth-order valence-electron chi connectivity index (χ4n) is 2.39. The van der Waals surface area contributed by atoms with Gasteiger partial charge in [0.2, 0.25) is 0 Å². The quantitative estimate of drug-likeness (QED) is 0.789. The molecule has 0 aliphatic carbocycles. The predicted molar refractivity (Wildman–Crippen MR) is 77.2 cm³/mol. The highest BCUT2D eigenvalue weighted by molar-refractivity contribution is 6.04. The molecule has 2 N–H and O–H groups in total. The number of fused-ring (bicyclic) bond motifs is 1. The van der Waals surface area contributed by atoms with Crippen LogP contribution in [0.25, 0.3) is 22.4 Å². The van der Waals surface area contributed by atoms with Crippen LogP contribution in [-0.2, 0) is 6.54 Å². The molecular weight excluding hydrogens is 252 g/mol. The first-order chi connectivity index (χ1) is 9.72. The Morgan fingerprint density at radius 3 is 2.65 bits per heavy atom. The molecule has 0 unspecified atom stereocenters. The molecule has 0 fully saturated rings. The Morgan fingerprint density at radius 1 is 1.25 bits per heavy atom. The van der Waals surface area contributed by atoms with E-state index in [0.717, 1.165) is 23.4 Å². The van der Waals surface area contributed by atoms with Crippen molar-refractivity contribution >= 4 is 16.9 Å². The second-order valence-electron chi connectivity index (χ2n) is 4.45. The monoisotopic (exact) mass is 266 g/mol.